The van der Waals surface area contributed by atoms with Crippen molar-refractivity contribution < 1.29 is 4.74 Å². The number of ether oxygens (including phenoxy) is 1. The molecule has 0 amide bonds. The molecule has 0 saturated heterocycles. The van der Waals surface area contributed by atoms with Gasteiger partial charge in [-0.15, -0.1) is 0 Å². The number of halogens is 1. The van der Waals surface area contributed by atoms with E-state index in [1.165, 1.54) is 24.3 Å². The Hall–Kier alpha value is -0.0900. The number of aromatic nitrogens is 1. The first-order valence-corrected chi connectivity index (χ1v) is 6.21. The lowest BCUT2D eigenvalue weighted by molar-refractivity contribution is 0.347. The zero-order valence-corrected chi connectivity index (χ0v) is 9.95. The average molecular weight is 262 g/mol. The number of hydrogen-bond acceptors (Lipinski definition) is 3. The normalized spacial score (nSPS) is 17.1. The van der Waals surface area contributed by atoms with Gasteiger partial charge in [-0.2, -0.15) is 0 Å². The van der Waals surface area contributed by atoms with Gasteiger partial charge in [0.2, 0.25) is 5.06 Å². The van der Waals surface area contributed by atoms with Crippen molar-refractivity contribution >= 4 is 27.3 Å². The van der Waals surface area contributed by atoms with E-state index in [1.807, 2.05) is 6.92 Å². The van der Waals surface area contributed by atoms with Crippen LogP contribution in [0.15, 0.2) is 4.60 Å². The summed E-state index contributed by atoms with van der Waals surface area (Å²) in [6, 6.07) is 0. The summed E-state index contributed by atoms with van der Waals surface area (Å²) in [6.07, 6.45) is 3.95. The van der Waals surface area contributed by atoms with Crippen LogP contribution in [0.3, 0.4) is 0 Å². The Morgan fingerprint density at radius 2 is 2.38 bits per heavy atom. The molecule has 1 heterocycles. The van der Waals surface area contributed by atoms with E-state index in [0.29, 0.717) is 12.5 Å². The second kappa shape index (κ2) is 3.96. The molecule has 0 aliphatic heterocycles. The minimum absolute atomic E-state index is 0.704. The van der Waals surface area contributed by atoms with Crippen molar-refractivity contribution in [3.63, 3.8) is 0 Å². The van der Waals surface area contributed by atoms with Gasteiger partial charge in [0.15, 0.2) is 4.60 Å². The van der Waals surface area contributed by atoms with E-state index in [-0.39, 0.29) is 0 Å². The summed E-state index contributed by atoms with van der Waals surface area (Å²) in [7, 11) is 0. The summed E-state index contributed by atoms with van der Waals surface area (Å²) in [6.45, 7) is 2.71. The molecule has 2 rings (SSSR count). The molecule has 72 valence electrons. The first-order valence-electron chi connectivity index (χ1n) is 4.60. The Bertz CT molecular complexity index is 296. The lowest BCUT2D eigenvalue weighted by atomic mass is 9.86. The molecule has 1 saturated carbocycles. The standard InChI is InChI=1S/C9H12BrNOS/c1-2-12-9-7(10)11-8(13-9)6-4-3-5-6/h6H,2-5H2,1H3. The summed E-state index contributed by atoms with van der Waals surface area (Å²) in [5.41, 5.74) is 0. The summed E-state index contributed by atoms with van der Waals surface area (Å²) < 4.78 is 6.32. The molecular formula is C9H12BrNOS. The molecule has 4 heteroatoms. The fourth-order valence-electron chi connectivity index (χ4n) is 1.35. The third-order valence-corrected chi connectivity index (χ3v) is 4.23. The SMILES string of the molecule is CCOc1sc(C2CCC2)nc1Br. The Balaban J connectivity index is 2.14. The van der Waals surface area contributed by atoms with Crippen LogP contribution < -0.4 is 4.74 Å². The van der Waals surface area contributed by atoms with Crippen molar-refractivity contribution in [2.24, 2.45) is 0 Å². The number of nitrogens with zero attached hydrogens (tertiary/aromatic N) is 1. The minimum atomic E-state index is 0.704. The topological polar surface area (TPSA) is 22.1 Å². The summed E-state index contributed by atoms with van der Waals surface area (Å²) in [5, 5.41) is 2.17. The Kier molecular flexibility index (Phi) is 2.89. The molecule has 1 aromatic rings. The van der Waals surface area contributed by atoms with Gasteiger partial charge in [0.25, 0.3) is 0 Å². The summed E-state index contributed by atoms with van der Waals surface area (Å²) >= 11 is 5.10. The van der Waals surface area contributed by atoms with Gasteiger partial charge in [0.05, 0.1) is 6.61 Å². The number of hydrogen-bond donors (Lipinski definition) is 0. The van der Waals surface area contributed by atoms with Gasteiger partial charge in [0.1, 0.15) is 5.01 Å². The lowest BCUT2D eigenvalue weighted by Gasteiger charge is -2.22. The first kappa shape index (κ1) is 9.46. The van der Waals surface area contributed by atoms with Crippen LogP contribution in [0.1, 0.15) is 37.1 Å². The van der Waals surface area contributed by atoms with Crippen LogP contribution in [-0.2, 0) is 0 Å². The predicted octanol–water partition coefficient (Wildman–Crippen LogP) is 3.57. The van der Waals surface area contributed by atoms with Crippen molar-refractivity contribution in [2.75, 3.05) is 6.61 Å². The van der Waals surface area contributed by atoms with Crippen molar-refractivity contribution in [2.45, 2.75) is 32.1 Å². The highest BCUT2D eigenvalue weighted by Gasteiger charge is 2.24. The van der Waals surface area contributed by atoms with Crippen molar-refractivity contribution in [3.8, 4) is 5.06 Å². The fraction of sp³-hybridized carbons (Fsp3) is 0.667. The molecule has 0 N–H and O–H groups in total. The molecule has 2 nitrogen and oxygen atoms in total. The number of thiazole rings is 1. The molecule has 0 bridgehead atoms. The van der Waals surface area contributed by atoms with Gasteiger partial charge in [-0.3, -0.25) is 0 Å². The van der Waals surface area contributed by atoms with Crippen LogP contribution in [-0.4, -0.2) is 11.6 Å². The fourth-order valence-corrected chi connectivity index (χ4v) is 3.05. The Labute approximate surface area is 90.5 Å². The predicted molar refractivity (Wildman–Crippen MR) is 57.6 cm³/mol. The van der Waals surface area contributed by atoms with Crippen molar-refractivity contribution in [1.82, 2.24) is 4.98 Å². The molecule has 0 unspecified atom stereocenters. The molecule has 0 atom stereocenters. The van der Waals surface area contributed by atoms with E-state index in [9.17, 15) is 0 Å². The van der Waals surface area contributed by atoms with Crippen LogP contribution in [0.2, 0.25) is 0 Å². The van der Waals surface area contributed by atoms with E-state index in [4.69, 9.17) is 4.74 Å². The summed E-state index contributed by atoms with van der Waals surface area (Å²) in [5.74, 6) is 0.704. The maximum atomic E-state index is 5.45. The second-order valence-corrected chi connectivity index (χ2v) is 4.94. The monoisotopic (exact) mass is 261 g/mol. The quantitative estimate of drug-likeness (QED) is 0.830. The largest absolute Gasteiger partial charge is 0.482 e. The van der Waals surface area contributed by atoms with E-state index < -0.39 is 0 Å². The zero-order valence-electron chi connectivity index (χ0n) is 7.55. The molecule has 0 spiro atoms. The third kappa shape index (κ3) is 1.89. The molecule has 1 fully saturated rings. The molecule has 0 aromatic carbocycles. The smallest absolute Gasteiger partial charge is 0.209 e. The van der Waals surface area contributed by atoms with Crippen LogP contribution in [0.4, 0.5) is 0 Å². The highest BCUT2D eigenvalue weighted by Crippen LogP contribution is 2.42. The second-order valence-electron chi connectivity index (χ2n) is 3.19. The van der Waals surface area contributed by atoms with Crippen molar-refractivity contribution in [1.29, 1.82) is 0 Å². The van der Waals surface area contributed by atoms with E-state index in [0.717, 1.165) is 9.67 Å². The maximum absolute atomic E-state index is 5.45. The molecule has 0 radical (unpaired) electrons. The van der Waals surface area contributed by atoms with Crippen LogP contribution in [0.5, 0.6) is 5.06 Å². The van der Waals surface area contributed by atoms with E-state index in [1.54, 1.807) is 11.3 Å². The number of rotatable bonds is 3. The third-order valence-electron chi connectivity index (χ3n) is 2.30. The summed E-state index contributed by atoms with van der Waals surface area (Å²) in [4.78, 5) is 4.46. The van der Waals surface area contributed by atoms with Gasteiger partial charge in [-0.25, -0.2) is 4.98 Å². The molecule has 1 aliphatic carbocycles. The highest BCUT2D eigenvalue weighted by atomic mass is 79.9. The van der Waals surface area contributed by atoms with E-state index >= 15 is 0 Å². The Morgan fingerprint density at radius 1 is 1.62 bits per heavy atom. The lowest BCUT2D eigenvalue weighted by Crippen LogP contribution is -2.07. The highest BCUT2D eigenvalue weighted by molar-refractivity contribution is 9.10. The van der Waals surface area contributed by atoms with Gasteiger partial charge in [-0.05, 0) is 35.7 Å². The maximum Gasteiger partial charge on any atom is 0.209 e. The van der Waals surface area contributed by atoms with E-state index in [2.05, 4.69) is 20.9 Å². The minimum Gasteiger partial charge on any atom is -0.482 e. The van der Waals surface area contributed by atoms with Gasteiger partial charge in [0, 0.05) is 5.92 Å². The molecule has 1 aliphatic rings. The zero-order chi connectivity index (χ0) is 9.26. The van der Waals surface area contributed by atoms with Crippen LogP contribution in [0.25, 0.3) is 0 Å². The molecule has 13 heavy (non-hydrogen) atoms. The Morgan fingerprint density at radius 3 is 2.92 bits per heavy atom. The van der Waals surface area contributed by atoms with Gasteiger partial charge >= 0.3 is 0 Å². The average Bonchev–Trinajstić information content (AvgIpc) is 2.30. The van der Waals surface area contributed by atoms with Crippen LogP contribution >= 0.6 is 27.3 Å². The van der Waals surface area contributed by atoms with Gasteiger partial charge in [-0.1, -0.05) is 17.8 Å². The van der Waals surface area contributed by atoms with Gasteiger partial charge < -0.3 is 4.74 Å². The first-order chi connectivity index (χ1) is 6.31. The van der Waals surface area contributed by atoms with Crippen molar-refractivity contribution in [3.05, 3.63) is 9.61 Å². The van der Waals surface area contributed by atoms with Crippen LogP contribution in [0, 0.1) is 0 Å². The molecular weight excluding hydrogens is 250 g/mol. The molecule has 1 aromatic heterocycles.